The lowest BCUT2D eigenvalue weighted by Crippen LogP contribution is -2.48. The Balaban J connectivity index is 1.40. The Labute approximate surface area is 170 Å². The predicted molar refractivity (Wildman–Crippen MR) is 113 cm³/mol. The third-order valence-corrected chi connectivity index (χ3v) is 5.54. The van der Waals surface area contributed by atoms with E-state index >= 15 is 0 Å². The molecule has 4 rings (SSSR count). The number of H-pyrrole nitrogens is 1. The van der Waals surface area contributed by atoms with Crippen LogP contribution in [-0.4, -0.2) is 57.7 Å². The van der Waals surface area contributed by atoms with Crippen LogP contribution in [0, 0.1) is 12.7 Å². The van der Waals surface area contributed by atoms with Gasteiger partial charge in [0, 0.05) is 73.1 Å². The highest BCUT2D eigenvalue weighted by Crippen LogP contribution is 2.26. The number of fused-ring (bicyclic) bond motifs is 1. The number of anilines is 1. The van der Waals surface area contributed by atoms with Gasteiger partial charge in [-0.15, -0.1) is 0 Å². The first-order valence-corrected chi connectivity index (χ1v) is 10.2. The Morgan fingerprint density at radius 2 is 1.90 bits per heavy atom. The Bertz CT molecular complexity index is 994. The number of aromatic amines is 1. The molecule has 1 aliphatic heterocycles. The second kappa shape index (κ2) is 8.08. The summed E-state index contributed by atoms with van der Waals surface area (Å²) in [5, 5.41) is 11.5. The summed E-state index contributed by atoms with van der Waals surface area (Å²) in [5.74, 6) is 1.86. The fourth-order valence-electron chi connectivity index (χ4n) is 3.89. The van der Waals surface area contributed by atoms with Crippen molar-refractivity contribution >= 4 is 16.7 Å². The molecule has 0 radical (unpaired) electrons. The summed E-state index contributed by atoms with van der Waals surface area (Å²) in [4.78, 5) is 16.9. The first kappa shape index (κ1) is 19.8. The molecule has 1 saturated heterocycles. The van der Waals surface area contributed by atoms with Crippen LogP contribution in [0.1, 0.15) is 43.0 Å². The van der Waals surface area contributed by atoms with Gasteiger partial charge in [-0.2, -0.15) is 0 Å². The van der Waals surface area contributed by atoms with E-state index in [0.29, 0.717) is 12.5 Å². The summed E-state index contributed by atoms with van der Waals surface area (Å²) in [6.07, 6.45) is 1.12. The fourth-order valence-corrected chi connectivity index (χ4v) is 3.89. The number of aliphatic hydroxyl groups excluding tert-OH is 1. The number of nitrogens with one attached hydrogen (secondary N) is 1. The number of hydrogen-bond donors (Lipinski definition) is 2. The molecular formula is C22H28FN5O. The van der Waals surface area contributed by atoms with E-state index in [9.17, 15) is 9.50 Å². The maximum absolute atomic E-state index is 13.6. The molecule has 154 valence electrons. The highest BCUT2D eigenvalue weighted by atomic mass is 19.1. The molecule has 1 aromatic carbocycles. The lowest BCUT2D eigenvalue weighted by atomic mass is 10.1. The fraction of sp³-hybridized carbons (Fsp3) is 0.455. The second-order valence-corrected chi connectivity index (χ2v) is 8.12. The van der Waals surface area contributed by atoms with Crippen molar-refractivity contribution in [3.63, 3.8) is 0 Å². The molecule has 1 aliphatic rings. The van der Waals surface area contributed by atoms with Crippen LogP contribution in [0.5, 0.6) is 0 Å². The highest BCUT2D eigenvalue weighted by molar-refractivity contribution is 5.83. The van der Waals surface area contributed by atoms with E-state index in [0.717, 1.165) is 60.0 Å². The van der Waals surface area contributed by atoms with Gasteiger partial charge in [0.2, 0.25) is 0 Å². The molecule has 0 aliphatic carbocycles. The van der Waals surface area contributed by atoms with E-state index in [1.54, 1.807) is 12.3 Å². The summed E-state index contributed by atoms with van der Waals surface area (Å²) in [6, 6.07) is 6.64. The van der Waals surface area contributed by atoms with E-state index in [1.165, 1.54) is 12.1 Å². The van der Waals surface area contributed by atoms with Crippen molar-refractivity contribution in [2.24, 2.45) is 0 Å². The van der Waals surface area contributed by atoms with Gasteiger partial charge < -0.3 is 15.0 Å². The second-order valence-electron chi connectivity index (χ2n) is 8.12. The van der Waals surface area contributed by atoms with Gasteiger partial charge in [0.05, 0.1) is 6.10 Å². The molecule has 3 aromatic rings. The van der Waals surface area contributed by atoms with Crippen LogP contribution in [0.3, 0.4) is 0 Å². The van der Waals surface area contributed by atoms with Crippen LogP contribution in [0.4, 0.5) is 10.2 Å². The van der Waals surface area contributed by atoms with Gasteiger partial charge in [0.15, 0.2) is 0 Å². The molecule has 0 unspecified atom stereocenters. The minimum atomic E-state index is -0.661. The van der Waals surface area contributed by atoms with Gasteiger partial charge in [0.1, 0.15) is 17.5 Å². The maximum Gasteiger partial charge on any atom is 0.133 e. The quantitative estimate of drug-likeness (QED) is 0.691. The van der Waals surface area contributed by atoms with E-state index in [4.69, 9.17) is 4.98 Å². The zero-order valence-corrected chi connectivity index (χ0v) is 17.2. The summed E-state index contributed by atoms with van der Waals surface area (Å²) in [7, 11) is 0. The van der Waals surface area contributed by atoms with Crippen LogP contribution < -0.4 is 4.90 Å². The zero-order valence-electron chi connectivity index (χ0n) is 17.2. The van der Waals surface area contributed by atoms with Gasteiger partial charge in [-0.05, 0) is 25.1 Å². The molecule has 7 heteroatoms. The summed E-state index contributed by atoms with van der Waals surface area (Å²) >= 11 is 0. The lowest BCUT2D eigenvalue weighted by Gasteiger charge is -2.36. The molecule has 2 aromatic heterocycles. The highest BCUT2D eigenvalue weighted by Gasteiger charge is 2.23. The Kier molecular flexibility index (Phi) is 5.52. The standard InChI is InChI=1S/C22H28FN5O/c1-14(2)22-25-15(3)10-21(26-22)28-8-6-27(7-9-28)13-20(29)18-12-24-19-5-4-16(23)11-17(18)19/h4-5,10-12,14,20,24,29H,6-9,13H2,1-3H3/t20-/m1/s1. The number of halogens is 1. The van der Waals surface area contributed by atoms with Crippen LogP contribution in [0.25, 0.3) is 10.9 Å². The van der Waals surface area contributed by atoms with Gasteiger partial charge in [-0.25, -0.2) is 14.4 Å². The smallest absolute Gasteiger partial charge is 0.133 e. The number of rotatable bonds is 5. The topological polar surface area (TPSA) is 68.3 Å². The number of piperazine rings is 1. The van der Waals surface area contributed by atoms with Crippen molar-refractivity contribution in [3.8, 4) is 0 Å². The molecule has 3 heterocycles. The molecular weight excluding hydrogens is 369 g/mol. The Hall–Kier alpha value is -2.51. The largest absolute Gasteiger partial charge is 0.387 e. The number of aliphatic hydroxyl groups is 1. The summed E-state index contributed by atoms with van der Waals surface area (Å²) in [6.45, 7) is 10.1. The van der Waals surface area contributed by atoms with Gasteiger partial charge in [-0.1, -0.05) is 13.8 Å². The SMILES string of the molecule is Cc1cc(N2CCN(C[C@@H](O)c3c[nH]c4ccc(F)cc34)CC2)nc(C(C)C)n1. The molecule has 0 bridgehead atoms. The molecule has 0 saturated carbocycles. The van der Waals surface area contributed by atoms with Crippen LogP contribution in [-0.2, 0) is 0 Å². The van der Waals surface area contributed by atoms with E-state index < -0.39 is 6.10 Å². The molecule has 0 amide bonds. The first-order chi connectivity index (χ1) is 13.9. The average molecular weight is 397 g/mol. The third kappa shape index (κ3) is 4.26. The summed E-state index contributed by atoms with van der Waals surface area (Å²) < 4.78 is 13.6. The molecule has 29 heavy (non-hydrogen) atoms. The number of hydrogen-bond acceptors (Lipinski definition) is 5. The van der Waals surface area contributed by atoms with Crippen molar-refractivity contribution < 1.29 is 9.50 Å². The van der Waals surface area contributed by atoms with Crippen LogP contribution >= 0.6 is 0 Å². The minimum absolute atomic E-state index is 0.292. The number of benzene rings is 1. The van der Waals surface area contributed by atoms with Crippen molar-refractivity contribution in [1.82, 2.24) is 19.9 Å². The Morgan fingerprint density at radius 1 is 1.14 bits per heavy atom. The molecule has 2 N–H and O–H groups in total. The monoisotopic (exact) mass is 397 g/mol. The normalized spacial score (nSPS) is 16.7. The number of aromatic nitrogens is 3. The zero-order chi connectivity index (χ0) is 20.5. The third-order valence-electron chi connectivity index (χ3n) is 5.54. The van der Waals surface area contributed by atoms with Gasteiger partial charge >= 0.3 is 0 Å². The van der Waals surface area contributed by atoms with Gasteiger partial charge in [0.25, 0.3) is 0 Å². The van der Waals surface area contributed by atoms with E-state index in [1.807, 2.05) is 13.0 Å². The minimum Gasteiger partial charge on any atom is -0.387 e. The summed E-state index contributed by atoms with van der Waals surface area (Å²) in [5.41, 5.74) is 2.57. The maximum atomic E-state index is 13.6. The van der Waals surface area contributed by atoms with Crippen molar-refractivity contribution in [2.75, 3.05) is 37.6 Å². The lowest BCUT2D eigenvalue weighted by molar-refractivity contribution is 0.110. The first-order valence-electron chi connectivity index (χ1n) is 10.2. The van der Waals surface area contributed by atoms with E-state index in [-0.39, 0.29) is 5.82 Å². The Morgan fingerprint density at radius 3 is 2.62 bits per heavy atom. The average Bonchev–Trinajstić information content (AvgIpc) is 3.11. The molecule has 6 nitrogen and oxygen atoms in total. The van der Waals surface area contributed by atoms with E-state index in [2.05, 4.69) is 33.6 Å². The van der Waals surface area contributed by atoms with Crippen LogP contribution in [0.15, 0.2) is 30.5 Å². The van der Waals surface area contributed by atoms with Crippen molar-refractivity contribution in [2.45, 2.75) is 32.8 Å². The molecule has 1 atom stereocenters. The predicted octanol–water partition coefficient (Wildman–Crippen LogP) is 3.38. The number of aryl methyl sites for hydroxylation is 1. The van der Waals surface area contributed by atoms with Gasteiger partial charge in [-0.3, -0.25) is 4.90 Å². The van der Waals surface area contributed by atoms with Crippen molar-refractivity contribution in [1.29, 1.82) is 0 Å². The molecule has 1 fully saturated rings. The number of nitrogens with zero attached hydrogens (tertiary/aromatic N) is 4. The number of β-amino-alcohol motifs (C(OH)–C–C–N with tert-alkyl or cyclic N) is 1. The van der Waals surface area contributed by atoms with Crippen LogP contribution in [0.2, 0.25) is 0 Å². The molecule has 0 spiro atoms. The van der Waals surface area contributed by atoms with Crippen molar-refractivity contribution in [3.05, 3.63) is 53.4 Å².